The molecule has 0 aliphatic heterocycles. The minimum absolute atomic E-state index is 0.391. The molecular formula is C7H5IN2O2. The van der Waals surface area contributed by atoms with Gasteiger partial charge in [0.2, 0.25) is 5.76 Å². The normalized spacial score (nSPS) is 10.4. The van der Waals surface area contributed by atoms with Crippen LogP contribution in [-0.4, -0.2) is 5.16 Å². The average molecular weight is 276 g/mol. The molecule has 0 unspecified atom stereocenters. The summed E-state index contributed by atoms with van der Waals surface area (Å²) >= 11 is 2.06. The molecule has 5 heteroatoms. The zero-order chi connectivity index (χ0) is 8.55. The van der Waals surface area contributed by atoms with Crippen LogP contribution in [-0.2, 0) is 0 Å². The van der Waals surface area contributed by atoms with E-state index in [-0.39, 0.29) is 0 Å². The van der Waals surface area contributed by atoms with Crippen LogP contribution in [0.2, 0.25) is 0 Å². The molecule has 0 amide bonds. The fourth-order valence-electron chi connectivity index (χ4n) is 0.852. The topological polar surface area (TPSA) is 65.2 Å². The highest BCUT2D eigenvalue weighted by molar-refractivity contribution is 14.1. The summed E-state index contributed by atoms with van der Waals surface area (Å²) in [6.07, 6.45) is 1.57. The third-order valence-electron chi connectivity index (χ3n) is 1.40. The maximum atomic E-state index is 5.49. The van der Waals surface area contributed by atoms with Gasteiger partial charge in [0.1, 0.15) is 3.57 Å². The molecule has 0 saturated carbocycles. The Morgan fingerprint density at radius 1 is 1.50 bits per heavy atom. The van der Waals surface area contributed by atoms with E-state index in [2.05, 4.69) is 27.7 Å². The summed E-state index contributed by atoms with van der Waals surface area (Å²) in [5.74, 6) is 1.61. The fourth-order valence-corrected chi connectivity index (χ4v) is 1.31. The number of aromatic nitrogens is 1. The highest BCUT2D eigenvalue weighted by Gasteiger charge is 2.14. The van der Waals surface area contributed by atoms with Gasteiger partial charge in [-0.3, -0.25) is 0 Å². The van der Waals surface area contributed by atoms with Crippen LogP contribution in [0.3, 0.4) is 0 Å². The lowest BCUT2D eigenvalue weighted by molar-refractivity contribution is 0.420. The molecule has 0 radical (unpaired) electrons. The number of hydrogen-bond donors (Lipinski definition) is 1. The summed E-state index contributed by atoms with van der Waals surface area (Å²) in [7, 11) is 0. The molecule has 0 fully saturated rings. The minimum Gasteiger partial charge on any atom is -0.461 e. The number of furan rings is 1. The summed E-state index contributed by atoms with van der Waals surface area (Å²) in [5, 5.41) is 3.61. The van der Waals surface area contributed by atoms with Gasteiger partial charge in [-0.05, 0) is 34.7 Å². The molecule has 0 aromatic carbocycles. The lowest BCUT2D eigenvalue weighted by atomic mass is 10.3. The van der Waals surface area contributed by atoms with Gasteiger partial charge in [0, 0.05) is 0 Å². The van der Waals surface area contributed by atoms with E-state index in [4.69, 9.17) is 14.7 Å². The lowest BCUT2D eigenvalue weighted by Crippen LogP contribution is -1.85. The van der Waals surface area contributed by atoms with Crippen molar-refractivity contribution in [3.05, 3.63) is 22.0 Å². The van der Waals surface area contributed by atoms with Crippen LogP contribution in [0.5, 0.6) is 0 Å². The van der Waals surface area contributed by atoms with Crippen LogP contribution in [0, 0.1) is 3.57 Å². The third kappa shape index (κ3) is 1.09. The minimum atomic E-state index is 0.391. The Morgan fingerprint density at radius 2 is 2.33 bits per heavy atom. The lowest BCUT2D eigenvalue weighted by Gasteiger charge is -1.87. The summed E-state index contributed by atoms with van der Waals surface area (Å²) in [5.41, 5.74) is 5.49. The van der Waals surface area contributed by atoms with Crippen LogP contribution in [0.25, 0.3) is 11.5 Å². The molecule has 2 aromatic rings. The zero-order valence-corrected chi connectivity index (χ0v) is 8.11. The van der Waals surface area contributed by atoms with Crippen molar-refractivity contribution in [2.24, 2.45) is 0 Å². The van der Waals surface area contributed by atoms with E-state index in [0.717, 1.165) is 3.57 Å². The van der Waals surface area contributed by atoms with Crippen molar-refractivity contribution in [3.63, 3.8) is 0 Å². The smallest absolute Gasteiger partial charge is 0.217 e. The molecule has 2 heterocycles. The Labute approximate surface area is 81.8 Å². The molecule has 0 aliphatic carbocycles. The molecule has 2 rings (SSSR count). The Bertz CT molecular complexity index is 380. The van der Waals surface area contributed by atoms with Gasteiger partial charge in [-0.1, -0.05) is 5.16 Å². The summed E-state index contributed by atoms with van der Waals surface area (Å²) < 4.78 is 10.9. The van der Waals surface area contributed by atoms with Crippen LogP contribution in [0.15, 0.2) is 27.3 Å². The molecule has 0 spiro atoms. The largest absolute Gasteiger partial charge is 0.461 e. The van der Waals surface area contributed by atoms with Crippen LogP contribution in [0.4, 0.5) is 5.82 Å². The van der Waals surface area contributed by atoms with E-state index in [1.165, 1.54) is 0 Å². The van der Waals surface area contributed by atoms with E-state index in [1.54, 1.807) is 18.4 Å². The molecule has 12 heavy (non-hydrogen) atoms. The quantitative estimate of drug-likeness (QED) is 0.810. The van der Waals surface area contributed by atoms with Crippen molar-refractivity contribution in [1.82, 2.24) is 5.16 Å². The maximum absolute atomic E-state index is 5.49. The molecule has 0 aliphatic rings. The molecule has 2 aromatic heterocycles. The highest BCUT2D eigenvalue weighted by Crippen LogP contribution is 2.28. The Hall–Kier alpha value is -0.980. The Balaban J connectivity index is 2.55. The number of anilines is 1. The second-order valence-electron chi connectivity index (χ2n) is 2.19. The molecule has 62 valence electrons. The van der Waals surface area contributed by atoms with E-state index in [1.807, 2.05) is 0 Å². The molecule has 0 atom stereocenters. The predicted molar refractivity (Wildman–Crippen MR) is 51.3 cm³/mol. The maximum Gasteiger partial charge on any atom is 0.217 e. The van der Waals surface area contributed by atoms with Gasteiger partial charge < -0.3 is 14.7 Å². The van der Waals surface area contributed by atoms with E-state index >= 15 is 0 Å². The molecule has 2 N–H and O–H groups in total. The third-order valence-corrected chi connectivity index (χ3v) is 2.45. The number of nitrogen functional groups attached to an aromatic ring is 1. The fraction of sp³-hybridized carbons (Fsp3) is 0. The van der Waals surface area contributed by atoms with E-state index in [0.29, 0.717) is 17.3 Å². The first-order valence-electron chi connectivity index (χ1n) is 3.23. The average Bonchev–Trinajstić information content (AvgIpc) is 2.64. The van der Waals surface area contributed by atoms with Crippen molar-refractivity contribution in [2.45, 2.75) is 0 Å². The molecule has 4 nitrogen and oxygen atoms in total. The van der Waals surface area contributed by atoms with Gasteiger partial charge in [-0.15, -0.1) is 0 Å². The van der Waals surface area contributed by atoms with Crippen LogP contribution >= 0.6 is 22.6 Å². The number of nitrogens with two attached hydrogens (primary N) is 1. The van der Waals surface area contributed by atoms with Crippen LogP contribution in [0.1, 0.15) is 0 Å². The van der Waals surface area contributed by atoms with Gasteiger partial charge in [0.15, 0.2) is 11.6 Å². The predicted octanol–water partition coefficient (Wildman–Crippen LogP) is 2.12. The van der Waals surface area contributed by atoms with E-state index in [9.17, 15) is 0 Å². The summed E-state index contributed by atoms with van der Waals surface area (Å²) in [6.45, 7) is 0. The number of hydrogen-bond acceptors (Lipinski definition) is 4. The zero-order valence-electron chi connectivity index (χ0n) is 5.95. The summed E-state index contributed by atoms with van der Waals surface area (Å²) in [6, 6.07) is 3.58. The Kier molecular flexibility index (Phi) is 1.80. The molecule has 0 bridgehead atoms. The van der Waals surface area contributed by atoms with Gasteiger partial charge in [-0.25, -0.2) is 0 Å². The van der Waals surface area contributed by atoms with Crippen molar-refractivity contribution >= 4 is 28.4 Å². The van der Waals surface area contributed by atoms with Gasteiger partial charge in [0.05, 0.1) is 6.26 Å². The molecule has 0 saturated heterocycles. The van der Waals surface area contributed by atoms with Crippen molar-refractivity contribution in [2.75, 3.05) is 5.73 Å². The number of nitrogens with zero attached hydrogens (tertiary/aromatic N) is 1. The van der Waals surface area contributed by atoms with Gasteiger partial charge >= 0.3 is 0 Å². The van der Waals surface area contributed by atoms with Crippen molar-refractivity contribution in [1.29, 1.82) is 0 Å². The van der Waals surface area contributed by atoms with Crippen molar-refractivity contribution < 1.29 is 8.94 Å². The second-order valence-corrected chi connectivity index (χ2v) is 3.27. The van der Waals surface area contributed by atoms with Gasteiger partial charge in [-0.2, -0.15) is 0 Å². The second kappa shape index (κ2) is 2.81. The summed E-state index contributed by atoms with van der Waals surface area (Å²) in [4.78, 5) is 0. The van der Waals surface area contributed by atoms with E-state index < -0.39 is 0 Å². The first-order valence-corrected chi connectivity index (χ1v) is 4.31. The molecular weight excluding hydrogens is 271 g/mol. The first-order chi connectivity index (χ1) is 5.79. The standard InChI is InChI=1S/C7H5IN2O2/c8-5-6(12-10-7(5)9)4-2-1-3-11-4/h1-3H,(H2,9,10). The Morgan fingerprint density at radius 3 is 2.83 bits per heavy atom. The van der Waals surface area contributed by atoms with Gasteiger partial charge in [0.25, 0.3) is 0 Å². The SMILES string of the molecule is Nc1noc(-c2ccco2)c1I. The van der Waals surface area contributed by atoms with Crippen LogP contribution < -0.4 is 5.73 Å². The number of halogens is 1. The first kappa shape index (κ1) is 7.66. The number of rotatable bonds is 1. The van der Waals surface area contributed by atoms with Crippen molar-refractivity contribution in [3.8, 4) is 11.5 Å². The highest BCUT2D eigenvalue weighted by atomic mass is 127. The monoisotopic (exact) mass is 276 g/mol.